The summed E-state index contributed by atoms with van der Waals surface area (Å²) in [6.07, 6.45) is 3.45. The molecule has 0 saturated carbocycles. The van der Waals surface area contributed by atoms with E-state index in [0.29, 0.717) is 30.3 Å². The molecule has 30 heavy (non-hydrogen) atoms. The molecule has 0 spiro atoms. The first-order valence-electron chi connectivity index (χ1n) is 9.66. The fraction of sp³-hybridized carbons (Fsp3) is 0.273. The van der Waals surface area contributed by atoms with Crippen LogP contribution >= 0.6 is 0 Å². The van der Waals surface area contributed by atoms with E-state index in [4.69, 9.17) is 0 Å². The van der Waals surface area contributed by atoms with Gasteiger partial charge in [0.25, 0.3) is 0 Å². The Kier molecular flexibility index (Phi) is 4.98. The Labute approximate surface area is 174 Å². The number of fused-ring (bicyclic) bond motifs is 1. The summed E-state index contributed by atoms with van der Waals surface area (Å²) in [7, 11) is 0. The number of nitrogens with one attached hydrogen (secondary N) is 2. The van der Waals surface area contributed by atoms with Gasteiger partial charge in [0.1, 0.15) is 11.9 Å². The molecule has 152 valence electrons. The van der Waals surface area contributed by atoms with Crippen LogP contribution in [0.2, 0.25) is 0 Å². The first-order valence-corrected chi connectivity index (χ1v) is 9.66. The normalized spacial score (nSPS) is 17.1. The van der Waals surface area contributed by atoms with Crippen molar-refractivity contribution in [1.82, 2.24) is 19.7 Å². The Bertz CT molecular complexity index is 1160. The van der Waals surface area contributed by atoms with Gasteiger partial charge in [-0.1, -0.05) is 13.0 Å². The molecule has 0 radical (unpaired) electrons. The molecule has 3 heterocycles. The summed E-state index contributed by atoms with van der Waals surface area (Å²) in [4.78, 5) is 8.97. The van der Waals surface area contributed by atoms with Gasteiger partial charge < -0.3 is 15.7 Å². The molecule has 1 atom stereocenters. The van der Waals surface area contributed by atoms with Crippen molar-refractivity contribution in [2.75, 3.05) is 23.8 Å². The molecule has 8 heteroatoms. The van der Waals surface area contributed by atoms with Gasteiger partial charge in [0.05, 0.1) is 35.8 Å². The third kappa shape index (κ3) is 3.40. The van der Waals surface area contributed by atoms with Gasteiger partial charge in [0.15, 0.2) is 0 Å². The van der Waals surface area contributed by atoms with Crippen LogP contribution in [0.15, 0.2) is 43.1 Å². The highest BCUT2D eigenvalue weighted by Crippen LogP contribution is 2.41. The van der Waals surface area contributed by atoms with Crippen molar-refractivity contribution < 1.29 is 5.11 Å². The molecule has 2 aromatic heterocycles. The van der Waals surface area contributed by atoms with E-state index in [1.54, 1.807) is 23.0 Å². The number of aliphatic hydroxyl groups is 1. The van der Waals surface area contributed by atoms with Crippen LogP contribution in [0.3, 0.4) is 0 Å². The maximum atomic E-state index is 9.90. The number of benzene rings is 1. The number of hydrogen-bond donors (Lipinski definition) is 3. The van der Waals surface area contributed by atoms with Gasteiger partial charge >= 0.3 is 0 Å². The molecule has 0 unspecified atom stereocenters. The summed E-state index contributed by atoms with van der Waals surface area (Å²) in [6, 6.07) is 9.78. The average Bonchev–Trinajstić information content (AvgIpc) is 3.27. The van der Waals surface area contributed by atoms with Crippen molar-refractivity contribution >= 4 is 17.5 Å². The van der Waals surface area contributed by atoms with Gasteiger partial charge in [0.2, 0.25) is 5.95 Å². The lowest BCUT2D eigenvalue weighted by Crippen LogP contribution is -2.28. The first-order chi connectivity index (χ1) is 14.5. The lowest BCUT2D eigenvalue weighted by molar-refractivity contribution is 0.219. The maximum absolute atomic E-state index is 9.90. The molecule has 1 aliphatic heterocycles. The highest BCUT2D eigenvalue weighted by molar-refractivity contribution is 5.76. The number of hydrogen-bond acceptors (Lipinski definition) is 7. The summed E-state index contributed by atoms with van der Waals surface area (Å²) in [5, 5.41) is 30.4. The third-order valence-electron chi connectivity index (χ3n) is 5.31. The van der Waals surface area contributed by atoms with Crippen molar-refractivity contribution in [3.05, 3.63) is 59.9 Å². The van der Waals surface area contributed by atoms with Crippen molar-refractivity contribution in [2.45, 2.75) is 25.8 Å². The van der Waals surface area contributed by atoms with E-state index in [-0.39, 0.29) is 6.61 Å². The lowest BCUT2D eigenvalue weighted by Gasteiger charge is -2.21. The summed E-state index contributed by atoms with van der Waals surface area (Å²) < 4.78 is 1.79. The maximum Gasteiger partial charge on any atom is 0.228 e. The molecule has 0 aliphatic carbocycles. The molecule has 1 aromatic carbocycles. The van der Waals surface area contributed by atoms with Crippen LogP contribution in [-0.4, -0.2) is 38.0 Å². The van der Waals surface area contributed by atoms with E-state index in [1.165, 1.54) is 0 Å². The Morgan fingerprint density at radius 3 is 3.00 bits per heavy atom. The second-order valence-corrected chi connectivity index (χ2v) is 7.66. The predicted octanol–water partition coefficient (Wildman–Crippen LogP) is 3.13. The minimum atomic E-state index is -0.445. The Morgan fingerprint density at radius 1 is 1.43 bits per heavy atom. The van der Waals surface area contributed by atoms with E-state index in [0.717, 1.165) is 28.3 Å². The Balaban J connectivity index is 1.73. The third-order valence-corrected chi connectivity index (χ3v) is 5.31. The molecule has 0 bridgehead atoms. The molecule has 8 nitrogen and oxygen atoms in total. The number of anilines is 3. The molecule has 0 amide bonds. The zero-order chi connectivity index (χ0) is 21.3. The van der Waals surface area contributed by atoms with Crippen molar-refractivity contribution in [1.29, 1.82) is 5.26 Å². The minimum Gasteiger partial charge on any atom is -0.395 e. The Morgan fingerprint density at radius 2 is 2.27 bits per heavy atom. The summed E-state index contributed by atoms with van der Waals surface area (Å²) in [5.41, 5.74) is 4.16. The monoisotopic (exact) mass is 401 g/mol. The molecule has 0 fully saturated rings. The van der Waals surface area contributed by atoms with E-state index in [1.807, 2.05) is 32.0 Å². The minimum absolute atomic E-state index is 0.00938. The fourth-order valence-corrected chi connectivity index (χ4v) is 3.67. The lowest BCUT2D eigenvalue weighted by atomic mass is 9.83. The largest absolute Gasteiger partial charge is 0.395 e. The summed E-state index contributed by atoms with van der Waals surface area (Å²) in [5.74, 6) is 1.20. The molecule has 1 aliphatic rings. The fourth-order valence-electron chi connectivity index (χ4n) is 3.67. The topological polar surface area (TPSA) is 112 Å². The smallest absolute Gasteiger partial charge is 0.228 e. The first kappa shape index (κ1) is 19.6. The van der Waals surface area contributed by atoms with Crippen LogP contribution in [0.5, 0.6) is 0 Å². The van der Waals surface area contributed by atoms with Crippen LogP contribution in [-0.2, 0) is 12.0 Å². The van der Waals surface area contributed by atoms with Gasteiger partial charge in [-0.15, -0.1) is 6.58 Å². The van der Waals surface area contributed by atoms with Gasteiger partial charge in [-0.05, 0) is 30.7 Å². The number of nitrogens with zero attached hydrogens (tertiary/aromatic N) is 5. The number of aliphatic hydroxyl groups excluding tert-OH is 1. The van der Waals surface area contributed by atoms with E-state index in [9.17, 15) is 10.4 Å². The zero-order valence-electron chi connectivity index (χ0n) is 17.0. The highest BCUT2D eigenvalue weighted by atomic mass is 16.3. The summed E-state index contributed by atoms with van der Waals surface area (Å²) in [6.45, 7) is 8.80. The van der Waals surface area contributed by atoms with Crippen molar-refractivity contribution in [2.24, 2.45) is 0 Å². The van der Waals surface area contributed by atoms with Crippen LogP contribution in [0, 0.1) is 18.3 Å². The van der Waals surface area contributed by atoms with Gasteiger partial charge in [0, 0.05) is 29.8 Å². The van der Waals surface area contributed by atoms with Gasteiger partial charge in [-0.3, -0.25) is 0 Å². The number of aryl methyl sites for hydroxylation is 1. The van der Waals surface area contributed by atoms with Crippen LogP contribution in [0.1, 0.15) is 23.7 Å². The number of nitriles is 1. The molecular formula is C22H23N7O. The molecule has 3 N–H and O–H groups in total. The molecular weight excluding hydrogens is 378 g/mol. The number of aromatic nitrogens is 4. The van der Waals surface area contributed by atoms with Crippen LogP contribution < -0.4 is 10.6 Å². The molecule has 4 rings (SSSR count). The zero-order valence-corrected chi connectivity index (χ0v) is 17.0. The Hall–Kier alpha value is -3.70. The van der Waals surface area contributed by atoms with Crippen LogP contribution in [0.25, 0.3) is 11.3 Å². The molecule has 3 aromatic rings. The van der Waals surface area contributed by atoms with Gasteiger partial charge in [-0.25, -0.2) is 14.6 Å². The standard InChI is InChI=1S/C22H23N7O/c1-4-7-29-19(8-14(2)28-29)27-21-24-6-5-18(26-21)15-9-16(11-23)20-17(10-15)22(3,13-30)12-25-20/h4-6,8-10,25,30H,1,7,12-13H2,2-3H3,(H,24,26,27)/t22-/m1/s1. The highest BCUT2D eigenvalue weighted by Gasteiger charge is 2.35. The predicted molar refractivity (Wildman–Crippen MR) is 116 cm³/mol. The van der Waals surface area contributed by atoms with Crippen molar-refractivity contribution in [3.8, 4) is 17.3 Å². The van der Waals surface area contributed by atoms with Crippen molar-refractivity contribution in [3.63, 3.8) is 0 Å². The molecule has 0 saturated heterocycles. The average molecular weight is 401 g/mol. The van der Waals surface area contributed by atoms with Gasteiger partial charge in [-0.2, -0.15) is 10.4 Å². The number of rotatable bonds is 6. The number of allylic oxidation sites excluding steroid dienone is 1. The second-order valence-electron chi connectivity index (χ2n) is 7.66. The quantitative estimate of drug-likeness (QED) is 0.544. The van der Waals surface area contributed by atoms with E-state index in [2.05, 4.69) is 38.3 Å². The van der Waals surface area contributed by atoms with Crippen LogP contribution in [0.4, 0.5) is 17.5 Å². The van der Waals surface area contributed by atoms with E-state index >= 15 is 0 Å². The van der Waals surface area contributed by atoms with E-state index < -0.39 is 5.41 Å². The SMILES string of the molecule is C=CCn1nc(C)cc1Nc1nccc(-c2cc(C#N)c3c(c2)[C@@](C)(CO)CN3)n1. The second kappa shape index (κ2) is 7.61. The summed E-state index contributed by atoms with van der Waals surface area (Å²) >= 11 is 0.